The SMILES string of the molecule is CCCC(C)N=C1NS(=O)(=O)c2ccccc21. The van der Waals surface area contributed by atoms with Crippen LogP contribution in [-0.4, -0.2) is 20.3 Å². The van der Waals surface area contributed by atoms with Gasteiger partial charge in [0.05, 0.1) is 4.90 Å². The molecule has 1 aromatic carbocycles. The summed E-state index contributed by atoms with van der Waals surface area (Å²) >= 11 is 0. The van der Waals surface area contributed by atoms with Crippen molar-refractivity contribution in [2.45, 2.75) is 37.6 Å². The van der Waals surface area contributed by atoms with Gasteiger partial charge in [-0.05, 0) is 25.5 Å². The van der Waals surface area contributed by atoms with Gasteiger partial charge in [-0.1, -0.05) is 25.5 Å². The zero-order valence-corrected chi connectivity index (χ0v) is 10.8. The van der Waals surface area contributed by atoms with E-state index in [1.54, 1.807) is 18.2 Å². The van der Waals surface area contributed by atoms with E-state index in [1.807, 2.05) is 13.0 Å². The van der Waals surface area contributed by atoms with Crippen LogP contribution in [0.15, 0.2) is 34.2 Å². The number of nitrogens with zero attached hydrogens (tertiary/aromatic N) is 1. The van der Waals surface area contributed by atoms with Gasteiger partial charge in [0, 0.05) is 11.6 Å². The van der Waals surface area contributed by atoms with Gasteiger partial charge in [-0.3, -0.25) is 9.71 Å². The highest BCUT2D eigenvalue weighted by Crippen LogP contribution is 2.22. The van der Waals surface area contributed by atoms with Gasteiger partial charge in [0.1, 0.15) is 5.84 Å². The predicted octanol–water partition coefficient (Wildman–Crippen LogP) is 1.91. The molecule has 0 amide bonds. The number of amidine groups is 1. The molecule has 17 heavy (non-hydrogen) atoms. The molecule has 0 aromatic heterocycles. The number of nitrogens with one attached hydrogen (secondary N) is 1. The summed E-state index contributed by atoms with van der Waals surface area (Å²) in [5.74, 6) is 0.474. The topological polar surface area (TPSA) is 58.5 Å². The van der Waals surface area contributed by atoms with Crippen molar-refractivity contribution < 1.29 is 8.42 Å². The smallest absolute Gasteiger partial charge is 0.263 e. The lowest BCUT2D eigenvalue weighted by molar-refractivity contribution is 0.594. The van der Waals surface area contributed by atoms with E-state index in [4.69, 9.17) is 0 Å². The molecular formula is C12H16N2O2S. The minimum Gasteiger partial charge on any atom is -0.264 e. The van der Waals surface area contributed by atoms with E-state index in [-0.39, 0.29) is 6.04 Å². The molecule has 92 valence electrons. The van der Waals surface area contributed by atoms with Gasteiger partial charge in [0.2, 0.25) is 0 Å². The fourth-order valence-electron chi connectivity index (χ4n) is 1.93. The molecular weight excluding hydrogens is 236 g/mol. The first-order chi connectivity index (χ1) is 8.04. The average molecular weight is 252 g/mol. The molecule has 0 bridgehead atoms. The Morgan fingerprint density at radius 3 is 2.76 bits per heavy atom. The third-order valence-corrected chi connectivity index (χ3v) is 4.12. The molecule has 2 rings (SSSR count). The first-order valence-corrected chi connectivity index (χ1v) is 7.23. The summed E-state index contributed by atoms with van der Waals surface area (Å²) in [5.41, 5.74) is 0.676. The highest BCUT2D eigenvalue weighted by Gasteiger charge is 2.30. The van der Waals surface area contributed by atoms with E-state index < -0.39 is 10.0 Å². The molecule has 0 saturated heterocycles. The van der Waals surface area contributed by atoms with Crippen molar-refractivity contribution in [3.8, 4) is 0 Å². The number of rotatable bonds is 3. The molecule has 0 fully saturated rings. The molecule has 1 unspecified atom stereocenters. The second-order valence-electron chi connectivity index (χ2n) is 4.22. The summed E-state index contributed by atoms with van der Waals surface area (Å²) in [4.78, 5) is 4.75. The van der Waals surface area contributed by atoms with Crippen LogP contribution in [0.5, 0.6) is 0 Å². The Hall–Kier alpha value is -1.36. The van der Waals surface area contributed by atoms with Crippen LogP contribution in [0.1, 0.15) is 32.3 Å². The molecule has 0 spiro atoms. The lowest BCUT2D eigenvalue weighted by atomic mass is 10.2. The number of benzene rings is 1. The summed E-state index contributed by atoms with van der Waals surface area (Å²) < 4.78 is 26.1. The number of sulfonamides is 1. The average Bonchev–Trinajstić information content (AvgIpc) is 2.52. The molecule has 0 aliphatic carbocycles. The molecule has 1 aliphatic heterocycles. The fourth-order valence-corrected chi connectivity index (χ4v) is 3.17. The fraction of sp³-hybridized carbons (Fsp3) is 0.417. The molecule has 1 aliphatic rings. The maximum atomic E-state index is 11.8. The standard InChI is InChI=1S/C12H16N2O2S/c1-3-6-9(2)13-12-10-7-4-5-8-11(10)17(15,16)14-12/h4-5,7-9H,3,6H2,1-2H3,(H,13,14). The summed E-state index contributed by atoms with van der Waals surface area (Å²) in [6.07, 6.45) is 1.99. The third kappa shape index (κ3) is 2.34. The Kier molecular flexibility index (Phi) is 3.19. The number of hydrogen-bond donors (Lipinski definition) is 1. The van der Waals surface area contributed by atoms with Crippen molar-refractivity contribution in [2.75, 3.05) is 0 Å². The number of hydrogen-bond acceptors (Lipinski definition) is 3. The number of aliphatic imine (C=N–C) groups is 1. The summed E-state index contributed by atoms with van der Waals surface area (Å²) in [6.45, 7) is 4.08. The minimum atomic E-state index is -3.40. The molecule has 4 nitrogen and oxygen atoms in total. The molecule has 1 atom stereocenters. The number of fused-ring (bicyclic) bond motifs is 1. The predicted molar refractivity (Wildman–Crippen MR) is 67.7 cm³/mol. The van der Waals surface area contributed by atoms with Gasteiger partial charge < -0.3 is 0 Å². The van der Waals surface area contributed by atoms with Gasteiger partial charge in [0.25, 0.3) is 10.0 Å². The Bertz CT molecular complexity index is 549. The maximum absolute atomic E-state index is 11.8. The van der Waals surface area contributed by atoms with E-state index in [0.717, 1.165) is 12.8 Å². The summed E-state index contributed by atoms with van der Waals surface area (Å²) in [6, 6.07) is 7.05. The molecule has 0 saturated carbocycles. The van der Waals surface area contributed by atoms with Crippen molar-refractivity contribution in [3.63, 3.8) is 0 Å². The van der Waals surface area contributed by atoms with Crippen LogP contribution in [0.25, 0.3) is 0 Å². The van der Waals surface area contributed by atoms with Crippen LogP contribution in [0.4, 0.5) is 0 Å². The van der Waals surface area contributed by atoms with Gasteiger partial charge in [-0.2, -0.15) is 0 Å². The zero-order valence-electron chi connectivity index (χ0n) is 9.97. The van der Waals surface area contributed by atoms with Gasteiger partial charge >= 0.3 is 0 Å². The largest absolute Gasteiger partial charge is 0.264 e. The lowest BCUT2D eigenvalue weighted by Gasteiger charge is -2.05. The Labute approximate surface area is 102 Å². The van der Waals surface area contributed by atoms with Crippen LogP contribution in [0.2, 0.25) is 0 Å². The molecule has 0 radical (unpaired) electrons. The van der Waals surface area contributed by atoms with Crippen LogP contribution in [0.3, 0.4) is 0 Å². The van der Waals surface area contributed by atoms with Crippen molar-refractivity contribution in [3.05, 3.63) is 29.8 Å². The minimum absolute atomic E-state index is 0.129. The van der Waals surface area contributed by atoms with E-state index in [0.29, 0.717) is 16.3 Å². The van der Waals surface area contributed by atoms with Gasteiger partial charge in [-0.15, -0.1) is 0 Å². The quantitative estimate of drug-likeness (QED) is 0.893. The van der Waals surface area contributed by atoms with E-state index >= 15 is 0 Å². The second-order valence-corrected chi connectivity index (χ2v) is 5.87. The van der Waals surface area contributed by atoms with Crippen molar-refractivity contribution in [1.82, 2.24) is 4.72 Å². The molecule has 5 heteroatoms. The van der Waals surface area contributed by atoms with Crippen LogP contribution in [-0.2, 0) is 10.0 Å². The highest BCUT2D eigenvalue weighted by molar-refractivity contribution is 7.90. The van der Waals surface area contributed by atoms with Gasteiger partial charge in [-0.25, -0.2) is 8.42 Å². The normalized spacial score (nSPS) is 20.9. The highest BCUT2D eigenvalue weighted by atomic mass is 32.2. The Morgan fingerprint density at radius 1 is 1.35 bits per heavy atom. The van der Waals surface area contributed by atoms with Gasteiger partial charge in [0.15, 0.2) is 0 Å². The van der Waals surface area contributed by atoms with Crippen LogP contribution in [0, 0.1) is 0 Å². The van der Waals surface area contributed by atoms with Crippen molar-refractivity contribution in [1.29, 1.82) is 0 Å². The van der Waals surface area contributed by atoms with E-state index in [1.165, 1.54) is 0 Å². The summed E-state index contributed by atoms with van der Waals surface area (Å²) in [7, 11) is -3.40. The van der Waals surface area contributed by atoms with Crippen LogP contribution < -0.4 is 4.72 Å². The zero-order chi connectivity index (χ0) is 12.5. The first-order valence-electron chi connectivity index (χ1n) is 5.74. The Morgan fingerprint density at radius 2 is 2.06 bits per heavy atom. The molecule has 1 heterocycles. The third-order valence-electron chi connectivity index (χ3n) is 2.72. The molecule has 1 aromatic rings. The maximum Gasteiger partial charge on any atom is 0.263 e. The van der Waals surface area contributed by atoms with Crippen LogP contribution >= 0.6 is 0 Å². The summed E-state index contributed by atoms with van der Waals surface area (Å²) in [5, 5.41) is 0. The van der Waals surface area contributed by atoms with Crippen molar-refractivity contribution in [2.24, 2.45) is 4.99 Å². The van der Waals surface area contributed by atoms with Crippen molar-refractivity contribution >= 4 is 15.9 Å². The van der Waals surface area contributed by atoms with E-state index in [9.17, 15) is 8.42 Å². The molecule has 1 N–H and O–H groups in total. The second kappa shape index (κ2) is 4.49. The lowest BCUT2D eigenvalue weighted by Crippen LogP contribution is -2.23. The first kappa shape index (κ1) is 12.1. The monoisotopic (exact) mass is 252 g/mol. The van der Waals surface area contributed by atoms with E-state index in [2.05, 4.69) is 16.6 Å². The Balaban J connectivity index is 2.42.